The minimum atomic E-state index is -3.73. The van der Waals surface area contributed by atoms with Crippen LogP contribution in [0.2, 0.25) is 0 Å². The number of carbonyl (C=O) groups excluding carboxylic acids is 1. The Bertz CT molecular complexity index is 1170. The standard InChI is InChI=1S/C24H24N2O3S/c1-18-8-2-4-11-22(18)25-30(28,29)21-15-13-20(14-16-21)24(27)26-17-7-6-10-19-9-3-5-12-23(19)26/h2-5,8-9,11-16,25H,6-7,10,17H2,1H3. The molecule has 1 aliphatic heterocycles. The van der Waals surface area contributed by atoms with Gasteiger partial charge in [0.2, 0.25) is 0 Å². The summed E-state index contributed by atoms with van der Waals surface area (Å²) in [6.45, 7) is 2.50. The molecule has 1 heterocycles. The number of aryl methyl sites for hydroxylation is 2. The molecule has 0 bridgehead atoms. The molecule has 3 aromatic carbocycles. The van der Waals surface area contributed by atoms with E-state index < -0.39 is 10.0 Å². The Hall–Kier alpha value is -3.12. The molecule has 1 amide bonds. The molecule has 0 spiro atoms. The molecular formula is C24H24N2O3S. The minimum absolute atomic E-state index is 0.111. The van der Waals surface area contributed by atoms with Gasteiger partial charge in [0.05, 0.1) is 10.6 Å². The molecule has 154 valence electrons. The quantitative estimate of drug-likeness (QED) is 0.661. The van der Waals surface area contributed by atoms with E-state index in [9.17, 15) is 13.2 Å². The molecule has 1 N–H and O–H groups in total. The number of para-hydroxylation sites is 2. The highest BCUT2D eigenvalue weighted by atomic mass is 32.2. The van der Waals surface area contributed by atoms with Gasteiger partial charge in [-0.2, -0.15) is 0 Å². The second-order valence-corrected chi connectivity index (χ2v) is 9.17. The lowest BCUT2D eigenvalue weighted by Gasteiger charge is -2.23. The number of anilines is 2. The summed E-state index contributed by atoms with van der Waals surface area (Å²) in [7, 11) is -3.73. The first-order valence-electron chi connectivity index (χ1n) is 10.0. The highest BCUT2D eigenvalue weighted by Gasteiger charge is 2.23. The van der Waals surface area contributed by atoms with Crippen molar-refractivity contribution in [3.05, 3.63) is 89.5 Å². The zero-order chi connectivity index (χ0) is 21.1. The number of carbonyl (C=O) groups is 1. The van der Waals surface area contributed by atoms with Crippen molar-refractivity contribution in [2.24, 2.45) is 0 Å². The van der Waals surface area contributed by atoms with Crippen LogP contribution in [0.5, 0.6) is 0 Å². The lowest BCUT2D eigenvalue weighted by atomic mass is 10.1. The smallest absolute Gasteiger partial charge is 0.261 e. The molecule has 0 aliphatic carbocycles. The highest BCUT2D eigenvalue weighted by Crippen LogP contribution is 2.28. The van der Waals surface area contributed by atoms with Gasteiger partial charge in [-0.3, -0.25) is 9.52 Å². The van der Waals surface area contributed by atoms with Gasteiger partial charge in [0.25, 0.3) is 15.9 Å². The van der Waals surface area contributed by atoms with Gasteiger partial charge in [-0.05, 0) is 73.7 Å². The van der Waals surface area contributed by atoms with Gasteiger partial charge in [-0.25, -0.2) is 8.42 Å². The number of rotatable bonds is 4. The summed E-state index contributed by atoms with van der Waals surface area (Å²) >= 11 is 0. The molecule has 5 nitrogen and oxygen atoms in total. The fraction of sp³-hybridized carbons (Fsp3) is 0.208. The Kier molecular flexibility index (Phi) is 5.59. The average Bonchev–Trinajstić information content (AvgIpc) is 2.97. The van der Waals surface area contributed by atoms with Gasteiger partial charge < -0.3 is 4.90 Å². The van der Waals surface area contributed by atoms with E-state index in [0.29, 0.717) is 17.8 Å². The first-order valence-corrected chi connectivity index (χ1v) is 11.5. The van der Waals surface area contributed by atoms with Crippen LogP contribution in [0.15, 0.2) is 77.7 Å². The van der Waals surface area contributed by atoms with Gasteiger partial charge in [0, 0.05) is 17.8 Å². The molecule has 6 heteroatoms. The third-order valence-corrected chi connectivity index (χ3v) is 6.79. The normalized spacial score (nSPS) is 14.0. The van der Waals surface area contributed by atoms with Gasteiger partial charge >= 0.3 is 0 Å². The van der Waals surface area contributed by atoms with E-state index in [0.717, 1.165) is 30.5 Å². The van der Waals surface area contributed by atoms with Crippen molar-refractivity contribution in [2.45, 2.75) is 31.1 Å². The second kappa shape index (κ2) is 8.32. The Balaban J connectivity index is 1.58. The third kappa shape index (κ3) is 4.09. The van der Waals surface area contributed by atoms with Gasteiger partial charge in [-0.15, -0.1) is 0 Å². The molecular weight excluding hydrogens is 396 g/mol. The van der Waals surface area contributed by atoms with Crippen molar-refractivity contribution in [1.29, 1.82) is 0 Å². The van der Waals surface area contributed by atoms with E-state index in [1.54, 1.807) is 29.2 Å². The molecule has 4 rings (SSSR count). The molecule has 0 unspecified atom stereocenters. The number of hydrogen-bond acceptors (Lipinski definition) is 3. The fourth-order valence-electron chi connectivity index (χ4n) is 3.73. The van der Waals surface area contributed by atoms with Crippen LogP contribution < -0.4 is 9.62 Å². The van der Waals surface area contributed by atoms with E-state index >= 15 is 0 Å². The van der Waals surface area contributed by atoms with Gasteiger partial charge in [0.15, 0.2) is 0 Å². The van der Waals surface area contributed by atoms with Crippen molar-refractivity contribution in [3.63, 3.8) is 0 Å². The topological polar surface area (TPSA) is 66.5 Å². The number of benzene rings is 3. The minimum Gasteiger partial charge on any atom is -0.308 e. The second-order valence-electron chi connectivity index (χ2n) is 7.49. The van der Waals surface area contributed by atoms with E-state index in [4.69, 9.17) is 0 Å². The van der Waals surface area contributed by atoms with Crippen molar-refractivity contribution in [3.8, 4) is 0 Å². The summed E-state index contributed by atoms with van der Waals surface area (Å²) in [4.78, 5) is 15.1. The van der Waals surface area contributed by atoms with Gasteiger partial charge in [-0.1, -0.05) is 36.4 Å². The van der Waals surface area contributed by atoms with Crippen molar-refractivity contribution >= 4 is 27.3 Å². The van der Waals surface area contributed by atoms with Crippen molar-refractivity contribution in [1.82, 2.24) is 0 Å². The molecule has 1 aliphatic rings. The Labute approximate surface area is 177 Å². The molecule has 30 heavy (non-hydrogen) atoms. The Morgan fingerprint density at radius 3 is 2.37 bits per heavy atom. The number of sulfonamides is 1. The molecule has 0 saturated carbocycles. The predicted molar refractivity (Wildman–Crippen MR) is 119 cm³/mol. The maximum atomic E-state index is 13.2. The summed E-state index contributed by atoms with van der Waals surface area (Å²) in [5, 5.41) is 0. The summed E-state index contributed by atoms with van der Waals surface area (Å²) in [6, 6.07) is 21.3. The molecule has 3 aromatic rings. The SMILES string of the molecule is Cc1ccccc1NS(=O)(=O)c1ccc(C(=O)N2CCCCc3ccccc32)cc1. The first kappa shape index (κ1) is 20.2. The summed E-state index contributed by atoms with van der Waals surface area (Å²) in [5.74, 6) is -0.111. The predicted octanol–water partition coefficient (Wildman–Crippen LogP) is 4.78. The molecule has 0 aromatic heterocycles. The van der Waals surface area contributed by atoms with E-state index in [1.807, 2.05) is 37.3 Å². The maximum absolute atomic E-state index is 13.2. The largest absolute Gasteiger partial charge is 0.308 e. The van der Waals surface area contributed by atoms with Crippen LogP contribution in [0.3, 0.4) is 0 Å². The number of nitrogens with one attached hydrogen (secondary N) is 1. The summed E-state index contributed by atoms with van der Waals surface area (Å²) in [6.07, 6.45) is 2.94. The number of amides is 1. The van der Waals surface area contributed by atoms with E-state index in [2.05, 4.69) is 10.8 Å². The van der Waals surface area contributed by atoms with Crippen LogP contribution in [0.25, 0.3) is 0 Å². The van der Waals surface area contributed by atoms with Crippen LogP contribution in [-0.4, -0.2) is 20.9 Å². The zero-order valence-corrected chi connectivity index (χ0v) is 17.7. The zero-order valence-electron chi connectivity index (χ0n) is 16.8. The lowest BCUT2D eigenvalue weighted by Crippen LogP contribution is -2.31. The first-order chi connectivity index (χ1) is 14.5. The number of hydrogen-bond donors (Lipinski definition) is 1. The number of nitrogens with zero attached hydrogens (tertiary/aromatic N) is 1. The molecule has 0 fully saturated rings. The summed E-state index contributed by atoms with van der Waals surface area (Å²) < 4.78 is 28.1. The molecule has 0 radical (unpaired) electrons. The van der Waals surface area contributed by atoms with Crippen LogP contribution in [-0.2, 0) is 16.4 Å². The average molecular weight is 421 g/mol. The Morgan fingerprint density at radius 2 is 1.60 bits per heavy atom. The van der Waals surface area contributed by atoms with Crippen LogP contribution >= 0.6 is 0 Å². The lowest BCUT2D eigenvalue weighted by molar-refractivity contribution is 0.0987. The van der Waals surface area contributed by atoms with Crippen LogP contribution in [0, 0.1) is 6.92 Å². The van der Waals surface area contributed by atoms with Crippen LogP contribution in [0.4, 0.5) is 11.4 Å². The van der Waals surface area contributed by atoms with Gasteiger partial charge in [0.1, 0.15) is 0 Å². The number of fused-ring (bicyclic) bond motifs is 1. The molecule has 0 atom stereocenters. The van der Waals surface area contributed by atoms with Crippen LogP contribution in [0.1, 0.15) is 34.3 Å². The maximum Gasteiger partial charge on any atom is 0.261 e. The summed E-state index contributed by atoms with van der Waals surface area (Å²) in [5.41, 5.74) is 3.97. The third-order valence-electron chi connectivity index (χ3n) is 5.41. The van der Waals surface area contributed by atoms with Crippen molar-refractivity contribution < 1.29 is 13.2 Å². The van der Waals surface area contributed by atoms with E-state index in [1.165, 1.54) is 17.7 Å². The molecule has 0 saturated heterocycles. The monoisotopic (exact) mass is 420 g/mol. The fourth-order valence-corrected chi connectivity index (χ4v) is 4.86. The Morgan fingerprint density at radius 1 is 0.900 bits per heavy atom. The van der Waals surface area contributed by atoms with Crippen molar-refractivity contribution in [2.75, 3.05) is 16.2 Å². The van der Waals surface area contributed by atoms with E-state index in [-0.39, 0.29) is 10.8 Å². The highest BCUT2D eigenvalue weighted by molar-refractivity contribution is 7.92.